The smallest absolute Gasteiger partial charge is 0.321 e. The molecule has 9 heteroatoms. The number of carbonyl (C=O) groups excluding carboxylic acids is 1. The van der Waals surface area contributed by atoms with Gasteiger partial charge in [0, 0.05) is 36.7 Å². The van der Waals surface area contributed by atoms with E-state index in [1.807, 2.05) is 55.1 Å². The zero-order valence-corrected chi connectivity index (χ0v) is 19.9. The van der Waals surface area contributed by atoms with E-state index in [0.717, 1.165) is 45.1 Å². The average Bonchev–Trinajstić information content (AvgIpc) is 3.47. The number of methoxy groups -OCH3 is 1. The summed E-state index contributed by atoms with van der Waals surface area (Å²) in [6, 6.07) is 13.8. The molecule has 0 unspecified atom stereocenters. The molecule has 1 saturated heterocycles. The molecule has 5 rings (SSSR count). The van der Waals surface area contributed by atoms with E-state index in [0.29, 0.717) is 25.6 Å². The van der Waals surface area contributed by atoms with Crippen molar-refractivity contribution >= 4 is 23.4 Å². The molecule has 0 bridgehead atoms. The average molecular weight is 470 g/mol. The molecule has 178 valence electrons. The van der Waals surface area contributed by atoms with Crippen LogP contribution in [-0.4, -0.2) is 46.0 Å². The highest BCUT2D eigenvalue weighted by Gasteiger charge is 2.20. The van der Waals surface area contributed by atoms with Crippen molar-refractivity contribution in [3.63, 3.8) is 0 Å². The van der Waals surface area contributed by atoms with Gasteiger partial charge in [-0.1, -0.05) is 24.3 Å². The number of rotatable bonds is 7. The SMILES string of the molecule is COc1c(C)cc(Cn2cc(Nc3nccc(-c4ccc(N5CCNC5=O)cc4)n3)cn2)cc1C. The third-order valence-electron chi connectivity index (χ3n) is 5.95. The molecule has 2 aromatic carbocycles. The van der Waals surface area contributed by atoms with Crippen LogP contribution in [0.25, 0.3) is 11.3 Å². The number of hydrogen-bond acceptors (Lipinski definition) is 6. The van der Waals surface area contributed by atoms with Crippen molar-refractivity contribution < 1.29 is 9.53 Å². The zero-order valence-electron chi connectivity index (χ0n) is 19.9. The third-order valence-corrected chi connectivity index (χ3v) is 5.95. The molecule has 4 aromatic rings. The van der Waals surface area contributed by atoms with E-state index in [4.69, 9.17) is 4.74 Å². The van der Waals surface area contributed by atoms with Gasteiger partial charge in [0.05, 0.1) is 31.2 Å². The molecule has 2 N–H and O–H groups in total. The van der Waals surface area contributed by atoms with Crippen molar-refractivity contribution in [2.24, 2.45) is 0 Å². The number of aryl methyl sites for hydroxylation is 2. The first-order chi connectivity index (χ1) is 17.0. The molecule has 3 heterocycles. The summed E-state index contributed by atoms with van der Waals surface area (Å²) in [5, 5.41) is 10.5. The van der Waals surface area contributed by atoms with E-state index in [2.05, 4.69) is 37.8 Å². The predicted octanol–water partition coefficient (Wildman–Crippen LogP) is 4.29. The van der Waals surface area contributed by atoms with Crippen molar-refractivity contribution in [2.45, 2.75) is 20.4 Å². The summed E-state index contributed by atoms with van der Waals surface area (Å²) in [6.07, 6.45) is 5.41. The Bertz CT molecular complexity index is 1340. The fraction of sp³-hybridized carbons (Fsp3) is 0.231. The molecule has 0 saturated carbocycles. The Morgan fingerprint density at radius 3 is 2.57 bits per heavy atom. The molecule has 1 aliphatic heterocycles. The summed E-state index contributed by atoms with van der Waals surface area (Å²) >= 11 is 0. The topological polar surface area (TPSA) is 97.2 Å². The van der Waals surface area contributed by atoms with Crippen LogP contribution in [0.4, 0.5) is 22.1 Å². The molecular formula is C26H27N7O2. The standard InChI is InChI=1S/C26H27N7O2/c1-17-12-19(13-18(2)24(17)35-3)15-32-16-21(14-29-32)30-25-27-9-8-23(31-25)20-4-6-22(7-5-20)33-11-10-28-26(33)34/h4-9,12-14,16H,10-11,15H2,1-3H3,(H,28,34)(H,27,30,31). The van der Waals surface area contributed by atoms with Crippen LogP contribution in [0, 0.1) is 13.8 Å². The van der Waals surface area contributed by atoms with E-state index < -0.39 is 0 Å². The minimum Gasteiger partial charge on any atom is -0.496 e. The number of carbonyl (C=O) groups is 1. The first-order valence-electron chi connectivity index (χ1n) is 11.4. The van der Waals surface area contributed by atoms with Gasteiger partial charge in [-0.25, -0.2) is 14.8 Å². The van der Waals surface area contributed by atoms with E-state index in [-0.39, 0.29) is 6.03 Å². The molecule has 9 nitrogen and oxygen atoms in total. The number of amides is 2. The number of nitrogens with one attached hydrogen (secondary N) is 2. The summed E-state index contributed by atoms with van der Waals surface area (Å²) in [5.41, 5.74) is 6.77. The van der Waals surface area contributed by atoms with Gasteiger partial charge in [-0.3, -0.25) is 9.58 Å². The van der Waals surface area contributed by atoms with Crippen LogP contribution in [0.5, 0.6) is 5.75 Å². The number of hydrogen-bond donors (Lipinski definition) is 2. The lowest BCUT2D eigenvalue weighted by molar-refractivity contribution is 0.252. The molecule has 0 atom stereocenters. The summed E-state index contributed by atoms with van der Waals surface area (Å²) < 4.78 is 7.34. The van der Waals surface area contributed by atoms with E-state index in [1.54, 1.807) is 24.4 Å². The van der Waals surface area contributed by atoms with E-state index in [9.17, 15) is 4.79 Å². The number of anilines is 3. The number of urea groups is 1. The second-order valence-corrected chi connectivity index (χ2v) is 8.51. The van der Waals surface area contributed by atoms with Crippen LogP contribution in [0.1, 0.15) is 16.7 Å². The van der Waals surface area contributed by atoms with Gasteiger partial charge in [0.25, 0.3) is 0 Å². The molecule has 1 fully saturated rings. The van der Waals surface area contributed by atoms with Gasteiger partial charge >= 0.3 is 6.03 Å². The molecule has 0 radical (unpaired) electrons. The third kappa shape index (κ3) is 4.79. The summed E-state index contributed by atoms with van der Waals surface area (Å²) in [7, 11) is 1.70. The fourth-order valence-corrected chi connectivity index (χ4v) is 4.39. The van der Waals surface area contributed by atoms with Gasteiger partial charge in [-0.15, -0.1) is 0 Å². The Morgan fingerprint density at radius 2 is 1.89 bits per heavy atom. The molecule has 2 aromatic heterocycles. The minimum atomic E-state index is -0.0657. The molecule has 1 aliphatic rings. The number of ether oxygens (including phenoxy) is 1. The van der Waals surface area contributed by atoms with Gasteiger partial charge in [-0.2, -0.15) is 5.10 Å². The Hall–Kier alpha value is -4.40. The van der Waals surface area contributed by atoms with Crippen molar-refractivity contribution in [3.05, 3.63) is 77.7 Å². The van der Waals surface area contributed by atoms with Crippen molar-refractivity contribution in [3.8, 4) is 17.0 Å². The Labute approximate surface area is 203 Å². The quantitative estimate of drug-likeness (QED) is 0.419. The number of aromatic nitrogens is 4. The first-order valence-corrected chi connectivity index (χ1v) is 11.4. The Balaban J connectivity index is 1.28. The van der Waals surface area contributed by atoms with Crippen LogP contribution < -0.4 is 20.3 Å². The predicted molar refractivity (Wildman–Crippen MR) is 135 cm³/mol. The molecule has 35 heavy (non-hydrogen) atoms. The lowest BCUT2D eigenvalue weighted by Crippen LogP contribution is -2.27. The lowest BCUT2D eigenvalue weighted by atomic mass is 10.1. The monoisotopic (exact) mass is 469 g/mol. The van der Waals surface area contributed by atoms with E-state index in [1.165, 1.54) is 0 Å². The summed E-state index contributed by atoms with van der Waals surface area (Å²) in [5.74, 6) is 1.41. The lowest BCUT2D eigenvalue weighted by Gasteiger charge is -2.14. The molecule has 0 spiro atoms. The summed E-state index contributed by atoms with van der Waals surface area (Å²) in [4.78, 5) is 22.6. The highest BCUT2D eigenvalue weighted by Crippen LogP contribution is 2.26. The van der Waals surface area contributed by atoms with Gasteiger partial charge < -0.3 is 15.4 Å². The maximum atomic E-state index is 11.9. The molecule has 2 amide bonds. The fourth-order valence-electron chi connectivity index (χ4n) is 4.39. The van der Waals surface area contributed by atoms with Crippen molar-refractivity contribution in [2.75, 3.05) is 30.4 Å². The molecule has 0 aliphatic carbocycles. The van der Waals surface area contributed by atoms with Gasteiger partial charge in [0.1, 0.15) is 5.75 Å². The van der Waals surface area contributed by atoms with Crippen LogP contribution in [0.15, 0.2) is 61.1 Å². The summed E-state index contributed by atoms with van der Waals surface area (Å²) in [6.45, 7) is 6.08. The first kappa shape index (κ1) is 22.4. The minimum absolute atomic E-state index is 0.0657. The van der Waals surface area contributed by atoms with Gasteiger partial charge in [-0.05, 0) is 48.7 Å². The van der Waals surface area contributed by atoms with Crippen LogP contribution in [0.3, 0.4) is 0 Å². The largest absolute Gasteiger partial charge is 0.496 e. The number of benzene rings is 2. The zero-order chi connectivity index (χ0) is 24.4. The number of nitrogens with zero attached hydrogens (tertiary/aromatic N) is 5. The highest BCUT2D eigenvalue weighted by molar-refractivity contribution is 5.94. The normalized spacial score (nSPS) is 13.1. The van der Waals surface area contributed by atoms with Gasteiger partial charge in [0.15, 0.2) is 0 Å². The second-order valence-electron chi connectivity index (χ2n) is 8.51. The van der Waals surface area contributed by atoms with Crippen LogP contribution in [0.2, 0.25) is 0 Å². The van der Waals surface area contributed by atoms with Crippen LogP contribution >= 0.6 is 0 Å². The molecular weight excluding hydrogens is 442 g/mol. The maximum absolute atomic E-state index is 11.9. The second kappa shape index (κ2) is 9.46. The highest BCUT2D eigenvalue weighted by atomic mass is 16.5. The van der Waals surface area contributed by atoms with Gasteiger partial charge in [0.2, 0.25) is 5.95 Å². The van der Waals surface area contributed by atoms with Crippen molar-refractivity contribution in [1.82, 2.24) is 25.1 Å². The maximum Gasteiger partial charge on any atom is 0.321 e. The van der Waals surface area contributed by atoms with Crippen LogP contribution in [-0.2, 0) is 6.54 Å². The van der Waals surface area contributed by atoms with Crippen molar-refractivity contribution in [1.29, 1.82) is 0 Å². The van der Waals surface area contributed by atoms with E-state index >= 15 is 0 Å². The Kier molecular flexibility index (Phi) is 6.05. The Morgan fingerprint density at radius 1 is 1.11 bits per heavy atom.